The molecule has 0 saturated heterocycles. The van der Waals surface area contributed by atoms with Crippen LogP contribution in [-0.4, -0.2) is 11.7 Å². The Morgan fingerprint density at radius 2 is 2.23 bits per heavy atom. The first-order valence-electron chi connectivity index (χ1n) is 5.01. The second-order valence-electron chi connectivity index (χ2n) is 3.91. The van der Waals surface area contributed by atoms with Gasteiger partial charge in [-0.25, -0.2) is 0 Å². The van der Waals surface area contributed by atoms with E-state index in [1.165, 1.54) is 18.4 Å². The fourth-order valence-corrected chi connectivity index (χ4v) is 1.78. The van der Waals surface area contributed by atoms with Gasteiger partial charge in [-0.2, -0.15) is 0 Å². The van der Waals surface area contributed by atoms with Gasteiger partial charge in [-0.15, -0.1) is 0 Å². The molecule has 0 radical (unpaired) electrons. The molecule has 2 heterocycles. The highest BCUT2D eigenvalue weighted by molar-refractivity contribution is 5.45. The smallest absolute Gasteiger partial charge is 0.228 e. The number of rotatable bonds is 1. The minimum atomic E-state index is 0.465. The minimum Gasteiger partial charge on any atom is -0.354 e. The summed E-state index contributed by atoms with van der Waals surface area (Å²) in [7, 11) is 0. The summed E-state index contributed by atoms with van der Waals surface area (Å²) in [6, 6.07) is 0. The SMILES string of the molecule is CC(C)c1noc2c1CCCCN2. The lowest BCUT2D eigenvalue weighted by molar-refractivity contribution is 0.420. The molecule has 0 bridgehead atoms. The zero-order chi connectivity index (χ0) is 9.26. The highest BCUT2D eigenvalue weighted by Gasteiger charge is 2.19. The fraction of sp³-hybridized carbons (Fsp3) is 0.700. The van der Waals surface area contributed by atoms with Crippen LogP contribution in [0.15, 0.2) is 4.52 Å². The molecule has 0 fully saturated rings. The van der Waals surface area contributed by atoms with Gasteiger partial charge in [0, 0.05) is 12.1 Å². The van der Waals surface area contributed by atoms with E-state index in [4.69, 9.17) is 4.52 Å². The molecule has 3 heteroatoms. The summed E-state index contributed by atoms with van der Waals surface area (Å²) in [6.45, 7) is 5.33. The predicted octanol–water partition coefficient (Wildman–Crippen LogP) is 2.55. The minimum absolute atomic E-state index is 0.465. The summed E-state index contributed by atoms with van der Waals surface area (Å²) in [4.78, 5) is 0. The molecule has 72 valence electrons. The summed E-state index contributed by atoms with van der Waals surface area (Å²) in [6.07, 6.45) is 3.57. The summed E-state index contributed by atoms with van der Waals surface area (Å²) in [5, 5.41) is 7.37. The van der Waals surface area contributed by atoms with Crippen LogP contribution in [0.1, 0.15) is 43.9 Å². The van der Waals surface area contributed by atoms with E-state index in [1.54, 1.807) is 0 Å². The van der Waals surface area contributed by atoms with Crippen molar-refractivity contribution in [3.63, 3.8) is 0 Å². The Bertz CT molecular complexity index is 291. The molecule has 1 aromatic rings. The molecule has 0 unspecified atom stereocenters. The molecule has 1 aliphatic heterocycles. The van der Waals surface area contributed by atoms with Crippen LogP contribution in [0.4, 0.5) is 5.88 Å². The third-order valence-electron chi connectivity index (χ3n) is 2.50. The van der Waals surface area contributed by atoms with Crippen molar-refractivity contribution in [3.8, 4) is 0 Å². The van der Waals surface area contributed by atoms with Crippen molar-refractivity contribution in [1.82, 2.24) is 5.16 Å². The topological polar surface area (TPSA) is 38.1 Å². The van der Waals surface area contributed by atoms with Gasteiger partial charge in [0.05, 0.1) is 5.69 Å². The molecule has 13 heavy (non-hydrogen) atoms. The van der Waals surface area contributed by atoms with Crippen molar-refractivity contribution in [2.45, 2.75) is 39.0 Å². The lowest BCUT2D eigenvalue weighted by Crippen LogP contribution is -1.97. The van der Waals surface area contributed by atoms with Crippen molar-refractivity contribution in [2.75, 3.05) is 11.9 Å². The van der Waals surface area contributed by atoms with E-state index in [-0.39, 0.29) is 0 Å². The molecule has 0 atom stereocenters. The third-order valence-corrected chi connectivity index (χ3v) is 2.50. The van der Waals surface area contributed by atoms with E-state index in [2.05, 4.69) is 24.3 Å². The largest absolute Gasteiger partial charge is 0.354 e. The average molecular weight is 180 g/mol. The lowest BCUT2D eigenvalue weighted by Gasteiger charge is -2.02. The molecule has 1 aromatic heterocycles. The second-order valence-corrected chi connectivity index (χ2v) is 3.91. The fourth-order valence-electron chi connectivity index (χ4n) is 1.78. The monoisotopic (exact) mass is 180 g/mol. The predicted molar refractivity (Wildman–Crippen MR) is 52.0 cm³/mol. The molecule has 0 aliphatic carbocycles. The van der Waals surface area contributed by atoms with Gasteiger partial charge >= 0.3 is 0 Å². The number of fused-ring (bicyclic) bond motifs is 1. The maximum atomic E-state index is 5.27. The van der Waals surface area contributed by atoms with Crippen molar-refractivity contribution in [2.24, 2.45) is 0 Å². The van der Waals surface area contributed by atoms with Gasteiger partial charge in [0.2, 0.25) is 5.88 Å². The van der Waals surface area contributed by atoms with Crippen molar-refractivity contribution in [3.05, 3.63) is 11.3 Å². The molecular formula is C10H16N2O. The molecule has 0 aromatic carbocycles. The molecule has 2 rings (SSSR count). The van der Waals surface area contributed by atoms with Crippen LogP contribution in [0.2, 0.25) is 0 Å². The van der Waals surface area contributed by atoms with Crippen LogP contribution in [0, 0.1) is 0 Å². The van der Waals surface area contributed by atoms with Gasteiger partial charge in [0.15, 0.2) is 0 Å². The molecular weight excluding hydrogens is 164 g/mol. The number of nitrogens with one attached hydrogen (secondary N) is 1. The molecule has 0 saturated carbocycles. The second kappa shape index (κ2) is 3.40. The van der Waals surface area contributed by atoms with Gasteiger partial charge in [-0.1, -0.05) is 19.0 Å². The zero-order valence-electron chi connectivity index (χ0n) is 8.26. The van der Waals surface area contributed by atoms with E-state index < -0.39 is 0 Å². The first-order chi connectivity index (χ1) is 6.29. The van der Waals surface area contributed by atoms with Crippen LogP contribution in [-0.2, 0) is 6.42 Å². The van der Waals surface area contributed by atoms with Crippen LogP contribution >= 0.6 is 0 Å². The molecule has 3 nitrogen and oxygen atoms in total. The quantitative estimate of drug-likeness (QED) is 0.721. The Balaban J connectivity index is 2.34. The van der Waals surface area contributed by atoms with E-state index in [1.807, 2.05) is 0 Å². The average Bonchev–Trinajstić information content (AvgIpc) is 2.36. The van der Waals surface area contributed by atoms with Crippen molar-refractivity contribution >= 4 is 5.88 Å². The Labute approximate surface area is 78.5 Å². The Kier molecular flexibility index (Phi) is 2.25. The number of hydrogen-bond donors (Lipinski definition) is 1. The van der Waals surface area contributed by atoms with Gasteiger partial charge in [0.1, 0.15) is 0 Å². The summed E-state index contributed by atoms with van der Waals surface area (Å²) >= 11 is 0. The standard InChI is InChI=1S/C10H16N2O/c1-7(2)9-8-5-3-4-6-11-10(8)13-12-9/h7,11H,3-6H2,1-2H3. The normalized spacial score (nSPS) is 16.5. The number of anilines is 1. The zero-order valence-corrected chi connectivity index (χ0v) is 8.26. The van der Waals surface area contributed by atoms with Crippen LogP contribution in [0.3, 0.4) is 0 Å². The number of nitrogens with zero attached hydrogens (tertiary/aromatic N) is 1. The third kappa shape index (κ3) is 1.55. The Morgan fingerprint density at radius 3 is 3.00 bits per heavy atom. The molecule has 0 spiro atoms. The van der Waals surface area contributed by atoms with Crippen LogP contribution < -0.4 is 5.32 Å². The lowest BCUT2D eigenvalue weighted by atomic mass is 10.0. The van der Waals surface area contributed by atoms with Crippen molar-refractivity contribution < 1.29 is 4.52 Å². The van der Waals surface area contributed by atoms with E-state index in [0.717, 1.165) is 24.5 Å². The number of aromatic nitrogens is 1. The Hall–Kier alpha value is -0.990. The van der Waals surface area contributed by atoms with Gasteiger partial charge < -0.3 is 9.84 Å². The summed E-state index contributed by atoms with van der Waals surface area (Å²) in [5.74, 6) is 1.37. The molecule has 0 amide bonds. The maximum absolute atomic E-state index is 5.27. The van der Waals surface area contributed by atoms with E-state index in [0.29, 0.717) is 5.92 Å². The first kappa shape index (κ1) is 8.60. The summed E-state index contributed by atoms with van der Waals surface area (Å²) < 4.78 is 5.27. The molecule has 1 N–H and O–H groups in total. The van der Waals surface area contributed by atoms with Crippen molar-refractivity contribution in [1.29, 1.82) is 0 Å². The van der Waals surface area contributed by atoms with Gasteiger partial charge in [-0.3, -0.25) is 0 Å². The van der Waals surface area contributed by atoms with Crippen LogP contribution in [0.5, 0.6) is 0 Å². The number of hydrogen-bond acceptors (Lipinski definition) is 3. The Morgan fingerprint density at radius 1 is 1.38 bits per heavy atom. The first-order valence-corrected chi connectivity index (χ1v) is 5.01. The maximum Gasteiger partial charge on any atom is 0.228 e. The van der Waals surface area contributed by atoms with Gasteiger partial charge in [-0.05, 0) is 25.2 Å². The highest BCUT2D eigenvalue weighted by atomic mass is 16.5. The van der Waals surface area contributed by atoms with Crippen LogP contribution in [0.25, 0.3) is 0 Å². The van der Waals surface area contributed by atoms with E-state index >= 15 is 0 Å². The highest BCUT2D eigenvalue weighted by Crippen LogP contribution is 2.28. The molecule has 1 aliphatic rings. The summed E-state index contributed by atoms with van der Waals surface area (Å²) in [5.41, 5.74) is 2.43. The van der Waals surface area contributed by atoms with E-state index in [9.17, 15) is 0 Å². The van der Waals surface area contributed by atoms with Gasteiger partial charge in [0.25, 0.3) is 0 Å².